The van der Waals surface area contributed by atoms with E-state index in [0.717, 1.165) is 6.07 Å². The molecule has 0 aliphatic rings. The highest BCUT2D eigenvalue weighted by molar-refractivity contribution is 5.35. The smallest absolute Gasteiger partial charge is 0.166 e. The van der Waals surface area contributed by atoms with Gasteiger partial charge in [-0.15, -0.1) is 12.3 Å². The second kappa shape index (κ2) is 4.19. The van der Waals surface area contributed by atoms with E-state index in [2.05, 4.69) is 5.92 Å². The highest BCUT2D eigenvalue weighted by Gasteiger charge is 2.32. The molecule has 0 nitrogen and oxygen atoms in total. The first-order chi connectivity index (χ1) is 6.55. The van der Waals surface area contributed by atoms with E-state index < -0.39 is 11.7 Å². The lowest BCUT2D eigenvalue weighted by atomic mass is 10.0. The molecule has 0 bridgehead atoms. The van der Waals surface area contributed by atoms with Crippen LogP contribution in [-0.4, -0.2) is 0 Å². The molecule has 73 valence electrons. The normalized spacial score (nSPS) is 11.0. The third kappa shape index (κ3) is 2.53. The number of benzene rings is 1. The van der Waals surface area contributed by atoms with Gasteiger partial charge in [0.05, 0.1) is 5.56 Å². The molecule has 0 spiro atoms. The maximum atomic E-state index is 12.4. The van der Waals surface area contributed by atoms with Gasteiger partial charge in [-0.05, 0) is 11.6 Å². The molecule has 1 radical (unpaired) electrons. The number of hydrogen-bond donors (Lipinski definition) is 0. The summed E-state index contributed by atoms with van der Waals surface area (Å²) in [5, 5.41) is 0. The van der Waals surface area contributed by atoms with Gasteiger partial charge in [0.25, 0.3) is 0 Å². The van der Waals surface area contributed by atoms with Gasteiger partial charge < -0.3 is 0 Å². The lowest BCUT2D eigenvalue weighted by Crippen LogP contribution is -2.08. The van der Waals surface area contributed by atoms with Crippen molar-refractivity contribution in [1.82, 2.24) is 0 Å². The van der Waals surface area contributed by atoms with Gasteiger partial charge in [0.1, 0.15) is 0 Å². The number of alkyl halides is 3. The lowest BCUT2D eigenvalue weighted by molar-refractivity contribution is -0.137. The first-order valence-corrected chi connectivity index (χ1v) is 3.98. The molecule has 0 N–H and O–H groups in total. The molecule has 3 heteroatoms. The fraction of sp³-hybridized carbons (Fsp3) is 0.182. The van der Waals surface area contributed by atoms with Gasteiger partial charge in [-0.25, -0.2) is 0 Å². The van der Waals surface area contributed by atoms with Crippen molar-refractivity contribution in [3.63, 3.8) is 0 Å². The van der Waals surface area contributed by atoms with Gasteiger partial charge in [0.15, 0.2) is 0 Å². The maximum Gasteiger partial charge on any atom is 0.416 e. The minimum absolute atomic E-state index is 0.137. The predicted molar refractivity (Wildman–Crippen MR) is 48.3 cm³/mol. The standard InChI is InChI=1S/C11H8F3/c1-2-3-6-9-7-4-5-8-10(9)11(12,13)14/h1,4-8H,3H2. The summed E-state index contributed by atoms with van der Waals surface area (Å²) in [5.41, 5.74) is -0.506. The fourth-order valence-electron chi connectivity index (χ4n) is 1.10. The van der Waals surface area contributed by atoms with Crippen LogP contribution in [0.5, 0.6) is 0 Å². The van der Waals surface area contributed by atoms with Gasteiger partial charge >= 0.3 is 6.18 Å². The number of rotatable bonds is 2. The Labute approximate surface area is 80.8 Å². The average Bonchev–Trinajstić information content (AvgIpc) is 2.14. The molecular weight excluding hydrogens is 189 g/mol. The van der Waals surface area contributed by atoms with Crippen LogP contribution in [0.1, 0.15) is 17.5 Å². The van der Waals surface area contributed by atoms with Gasteiger partial charge in [0, 0.05) is 12.8 Å². The van der Waals surface area contributed by atoms with E-state index in [9.17, 15) is 13.2 Å². The van der Waals surface area contributed by atoms with Crippen molar-refractivity contribution in [3.05, 3.63) is 41.8 Å². The maximum absolute atomic E-state index is 12.4. The van der Waals surface area contributed by atoms with Crippen LogP contribution in [0.25, 0.3) is 0 Å². The Balaban J connectivity index is 2.99. The van der Waals surface area contributed by atoms with E-state index in [1.54, 1.807) is 6.07 Å². The SMILES string of the molecule is C#CC[CH]c1ccccc1C(F)(F)F. The number of terminal acetylenes is 1. The summed E-state index contributed by atoms with van der Waals surface area (Å²) in [4.78, 5) is 0. The molecular formula is C11H8F3. The van der Waals surface area contributed by atoms with E-state index in [4.69, 9.17) is 6.42 Å². The summed E-state index contributed by atoms with van der Waals surface area (Å²) < 4.78 is 37.2. The Morgan fingerprint density at radius 1 is 1.29 bits per heavy atom. The first-order valence-electron chi connectivity index (χ1n) is 3.98. The highest BCUT2D eigenvalue weighted by atomic mass is 19.4. The zero-order chi connectivity index (χ0) is 10.6. The Bertz CT molecular complexity index is 344. The molecule has 0 aromatic heterocycles. The summed E-state index contributed by atoms with van der Waals surface area (Å²) in [6, 6.07) is 5.36. The molecule has 0 aliphatic heterocycles. The van der Waals surface area contributed by atoms with Crippen LogP contribution in [0.3, 0.4) is 0 Å². The van der Waals surface area contributed by atoms with E-state index >= 15 is 0 Å². The molecule has 0 amide bonds. The van der Waals surface area contributed by atoms with E-state index in [1.165, 1.54) is 18.6 Å². The second-order valence-corrected chi connectivity index (χ2v) is 2.70. The molecule has 1 rings (SSSR count). The van der Waals surface area contributed by atoms with Gasteiger partial charge in [-0.1, -0.05) is 18.2 Å². The van der Waals surface area contributed by atoms with Gasteiger partial charge in [-0.2, -0.15) is 13.2 Å². The molecule has 14 heavy (non-hydrogen) atoms. The Hall–Kier alpha value is -1.43. The summed E-state index contributed by atoms with van der Waals surface area (Å²) in [5.74, 6) is 2.27. The molecule has 1 aromatic carbocycles. The second-order valence-electron chi connectivity index (χ2n) is 2.70. The Morgan fingerprint density at radius 2 is 1.93 bits per heavy atom. The molecule has 0 atom stereocenters. The monoisotopic (exact) mass is 197 g/mol. The number of hydrogen-bond acceptors (Lipinski definition) is 0. The van der Waals surface area contributed by atoms with Gasteiger partial charge in [-0.3, -0.25) is 0 Å². The largest absolute Gasteiger partial charge is 0.416 e. The van der Waals surface area contributed by atoms with Crippen molar-refractivity contribution in [2.24, 2.45) is 0 Å². The van der Waals surface area contributed by atoms with E-state index in [-0.39, 0.29) is 12.0 Å². The van der Waals surface area contributed by atoms with Crippen LogP contribution < -0.4 is 0 Å². The summed E-state index contributed by atoms with van der Waals surface area (Å²) in [7, 11) is 0. The van der Waals surface area contributed by atoms with Crippen LogP contribution in [0, 0.1) is 18.8 Å². The molecule has 1 aromatic rings. The molecule has 0 saturated heterocycles. The van der Waals surface area contributed by atoms with E-state index in [0.29, 0.717) is 0 Å². The van der Waals surface area contributed by atoms with E-state index in [1.807, 2.05) is 0 Å². The molecule has 0 unspecified atom stereocenters. The third-order valence-electron chi connectivity index (χ3n) is 1.71. The summed E-state index contributed by atoms with van der Waals surface area (Å²) in [6.45, 7) is 0. The fourth-order valence-corrected chi connectivity index (χ4v) is 1.10. The zero-order valence-electron chi connectivity index (χ0n) is 7.31. The zero-order valence-corrected chi connectivity index (χ0v) is 7.31. The van der Waals surface area contributed by atoms with Gasteiger partial charge in [0.2, 0.25) is 0 Å². The van der Waals surface area contributed by atoms with Crippen molar-refractivity contribution in [3.8, 4) is 12.3 Å². The van der Waals surface area contributed by atoms with Crippen LogP contribution in [0.4, 0.5) is 13.2 Å². The highest BCUT2D eigenvalue weighted by Crippen LogP contribution is 2.32. The molecule has 0 aliphatic carbocycles. The third-order valence-corrected chi connectivity index (χ3v) is 1.71. The van der Waals surface area contributed by atoms with Crippen molar-refractivity contribution < 1.29 is 13.2 Å². The van der Waals surface area contributed by atoms with Crippen molar-refractivity contribution in [2.75, 3.05) is 0 Å². The van der Waals surface area contributed by atoms with Crippen LogP contribution in [0.2, 0.25) is 0 Å². The first kappa shape index (κ1) is 10.6. The summed E-state index contributed by atoms with van der Waals surface area (Å²) >= 11 is 0. The van der Waals surface area contributed by atoms with Crippen molar-refractivity contribution in [1.29, 1.82) is 0 Å². The predicted octanol–water partition coefficient (Wildman–Crippen LogP) is 3.28. The topological polar surface area (TPSA) is 0 Å². The molecule has 0 heterocycles. The summed E-state index contributed by atoms with van der Waals surface area (Å²) in [6.07, 6.45) is 2.25. The lowest BCUT2D eigenvalue weighted by Gasteiger charge is -2.10. The minimum Gasteiger partial charge on any atom is -0.166 e. The van der Waals surface area contributed by atoms with Crippen LogP contribution in [-0.2, 0) is 6.18 Å². The average molecular weight is 197 g/mol. The van der Waals surface area contributed by atoms with Crippen LogP contribution >= 0.6 is 0 Å². The molecule has 0 saturated carbocycles. The quantitative estimate of drug-likeness (QED) is 0.638. The molecule has 0 fully saturated rings. The minimum atomic E-state index is -4.32. The Morgan fingerprint density at radius 3 is 2.50 bits per heavy atom. The number of halogens is 3. The van der Waals surface area contributed by atoms with Crippen molar-refractivity contribution in [2.45, 2.75) is 12.6 Å². The van der Waals surface area contributed by atoms with Crippen LogP contribution in [0.15, 0.2) is 24.3 Å². The Kier molecular flexibility index (Phi) is 3.19. The van der Waals surface area contributed by atoms with Crippen molar-refractivity contribution >= 4 is 0 Å².